The molecule has 3 rings (SSSR count). The van der Waals surface area contributed by atoms with Crippen LogP contribution in [0, 0.1) is 5.82 Å². The molecule has 0 bridgehead atoms. The second kappa shape index (κ2) is 9.45. The van der Waals surface area contributed by atoms with Crippen molar-refractivity contribution in [1.29, 1.82) is 0 Å². The minimum atomic E-state index is -3.25. The van der Waals surface area contributed by atoms with Gasteiger partial charge in [0.2, 0.25) is 10.0 Å². The molecular formula is C19H29FN4O2S2. The van der Waals surface area contributed by atoms with Crippen molar-refractivity contribution >= 4 is 27.7 Å². The van der Waals surface area contributed by atoms with Gasteiger partial charge in [-0.05, 0) is 31.4 Å². The number of aliphatic imine (C=N–C) groups is 1. The Morgan fingerprint density at radius 1 is 1.25 bits per heavy atom. The molecule has 1 saturated heterocycles. The van der Waals surface area contributed by atoms with E-state index in [0.29, 0.717) is 38.7 Å². The molecule has 0 aromatic heterocycles. The molecule has 0 radical (unpaired) electrons. The van der Waals surface area contributed by atoms with E-state index in [1.54, 1.807) is 22.1 Å². The van der Waals surface area contributed by atoms with Crippen LogP contribution in [0.2, 0.25) is 0 Å². The lowest BCUT2D eigenvalue weighted by atomic mass is 9.95. The molecule has 9 heteroatoms. The van der Waals surface area contributed by atoms with E-state index in [2.05, 4.69) is 15.6 Å². The number of rotatable bonds is 8. The first kappa shape index (κ1) is 21.4. The van der Waals surface area contributed by atoms with Gasteiger partial charge in [0.25, 0.3) is 0 Å². The van der Waals surface area contributed by atoms with Gasteiger partial charge >= 0.3 is 0 Å². The summed E-state index contributed by atoms with van der Waals surface area (Å²) in [6.07, 6.45) is 1.83. The molecular weight excluding hydrogens is 399 g/mol. The maximum atomic E-state index is 14.2. The fourth-order valence-corrected chi connectivity index (χ4v) is 5.87. The Labute approximate surface area is 171 Å². The molecule has 1 heterocycles. The monoisotopic (exact) mass is 428 g/mol. The highest BCUT2D eigenvalue weighted by Crippen LogP contribution is 2.49. The lowest BCUT2D eigenvalue weighted by Crippen LogP contribution is -2.44. The van der Waals surface area contributed by atoms with Crippen LogP contribution >= 0.6 is 11.8 Å². The van der Waals surface area contributed by atoms with Gasteiger partial charge in [-0.2, -0.15) is 11.8 Å². The number of nitrogens with one attached hydrogen (secondary N) is 2. The van der Waals surface area contributed by atoms with E-state index in [9.17, 15) is 12.8 Å². The molecule has 1 aromatic rings. The molecule has 2 N–H and O–H groups in total. The van der Waals surface area contributed by atoms with Crippen molar-refractivity contribution in [2.45, 2.75) is 25.2 Å². The minimum Gasteiger partial charge on any atom is -0.357 e. The normalized spacial score (nSPS) is 20.0. The number of hydrogen-bond acceptors (Lipinski definition) is 4. The largest absolute Gasteiger partial charge is 0.357 e. The summed E-state index contributed by atoms with van der Waals surface area (Å²) in [6, 6.07) is 6.88. The van der Waals surface area contributed by atoms with Crippen LogP contribution in [0.3, 0.4) is 0 Å². The molecule has 1 aliphatic heterocycles. The summed E-state index contributed by atoms with van der Waals surface area (Å²) in [6.45, 7) is 4.60. The highest BCUT2D eigenvalue weighted by molar-refractivity contribution is 7.99. The van der Waals surface area contributed by atoms with Gasteiger partial charge in [-0.15, -0.1) is 0 Å². The van der Waals surface area contributed by atoms with Crippen LogP contribution in [0.25, 0.3) is 0 Å². The maximum Gasteiger partial charge on any atom is 0.215 e. The Kier molecular flexibility index (Phi) is 7.22. The SMILES string of the molecule is CCNC(=NCC1(c2ccccc2F)CC1)NCCS(=O)(=O)N1CCSCC1. The van der Waals surface area contributed by atoms with Gasteiger partial charge in [0, 0.05) is 43.1 Å². The first-order valence-corrected chi connectivity index (χ1v) is 12.6. The van der Waals surface area contributed by atoms with E-state index in [1.165, 1.54) is 6.07 Å². The predicted octanol–water partition coefficient (Wildman–Crippen LogP) is 1.79. The van der Waals surface area contributed by atoms with Crippen molar-refractivity contribution in [2.24, 2.45) is 4.99 Å². The van der Waals surface area contributed by atoms with Crippen LogP contribution in [0.15, 0.2) is 29.3 Å². The highest BCUT2D eigenvalue weighted by Gasteiger charge is 2.45. The van der Waals surface area contributed by atoms with Crippen LogP contribution < -0.4 is 10.6 Å². The third-order valence-electron chi connectivity index (χ3n) is 5.20. The summed E-state index contributed by atoms with van der Waals surface area (Å²) in [7, 11) is -3.25. The fraction of sp³-hybridized carbons (Fsp3) is 0.632. The Morgan fingerprint density at radius 3 is 2.61 bits per heavy atom. The molecule has 2 aliphatic rings. The van der Waals surface area contributed by atoms with E-state index >= 15 is 0 Å². The van der Waals surface area contributed by atoms with E-state index in [1.807, 2.05) is 19.1 Å². The molecule has 28 heavy (non-hydrogen) atoms. The first-order valence-electron chi connectivity index (χ1n) is 9.80. The number of thioether (sulfide) groups is 1. The topological polar surface area (TPSA) is 73.8 Å². The van der Waals surface area contributed by atoms with Crippen molar-refractivity contribution in [1.82, 2.24) is 14.9 Å². The van der Waals surface area contributed by atoms with Crippen molar-refractivity contribution in [3.8, 4) is 0 Å². The molecule has 6 nitrogen and oxygen atoms in total. The first-order chi connectivity index (χ1) is 13.5. The highest BCUT2D eigenvalue weighted by atomic mass is 32.2. The summed E-state index contributed by atoms with van der Waals surface area (Å²) in [5.41, 5.74) is 0.491. The van der Waals surface area contributed by atoms with E-state index in [0.717, 1.165) is 29.9 Å². The molecule has 156 valence electrons. The quantitative estimate of drug-likeness (QED) is 0.488. The van der Waals surface area contributed by atoms with Gasteiger partial charge in [0.1, 0.15) is 5.82 Å². The van der Waals surface area contributed by atoms with Gasteiger partial charge in [-0.25, -0.2) is 17.1 Å². The molecule has 0 unspecified atom stereocenters. The Bertz CT molecular complexity index is 791. The van der Waals surface area contributed by atoms with Crippen LogP contribution in [-0.4, -0.2) is 68.7 Å². The van der Waals surface area contributed by atoms with Crippen LogP contribution in [0.5, 0.6) is 0 Å². The van der Waals surface area contributed by atoms with E-state index in [-0.39, 0.29) is 17.0 Å². The summed E-state index contributed by atoms with van der Waals surface area (Å²) >= 11 is 1.79. The Balaban J connectivity index is 1.57. The van der Waals surface area contributed by atoms with Crippen LogP contribution in [0.4, 0.5) is 4.39 Å². The van der Waals surface area contributed by atoms with E-state index in [4.69, 9.17) is 0 Å². The van der Waals surface area contributed by atoms with Gasteiger partial charge < -0.3 is 10.6 Å². The van der Waals surface area contributed by atoms with E-state index < -0.39 is 10.0 Å². The summed E-state index contributed by atoms with van der Waals surface area (Å²) in [4.78, 5) is 4.61. The zero-order valence-corrected chi connectivity index (χ0v) is 17.9. The summed E-state index contributed by atoms with van der Waals surface area (Å²) in [5.74, 6) is 2.15. The Morgan fingerprint density at radius 2 is 1.96 bits per heavy atom. The summed E-state index contributed by atoms with van der Waals surface area (Å²) in [5, 5.41) is 6.26. The third kappa shape index (κ3) is 5.39. The smallest absolute Gasteiger partial charge is 0.215 e. The molecule has 0 spiro atoms. The predicted molar refractivity (Wildman–Crippen MR) is 114 cm³/mol. The van der Waals surface area contributed by atoms with Crippen molar-refractivity contribution in [2.75, 3.05) is 50.0 Å². The number of nitrogens with zero attached hydrogens (tertiary/aromatic N) is 2. The average molecular weight is 429 g/mol. The zero-order chi connectivity index (χ0) is 20.0. The van der Waals surface area contributed by atoms with Gasteiger partial charge in [0.05, 0.1) is 12.3 Å². The van der Waals surface area contributed by atoms with Crippen LogP contribution in [0.1, 0.15) is 25.3 Å². The van der Waals surface area contributed by atoms with Gasteiger partial charge in [-0.3, -0.25) is 4.99 Å². The molecule has 1 aliphatic carbocycles. The average Bonchev–Trinajstić information content (AvgIpc) is 3.48. The van der Waals surface area contributed by atoms with Gasteiger partial charge in [-0.1, -0.05) is 18.2 Å². The van der Waals surface area contributed by atoms with Gasteiger partial charge in [0.15, 0.2) is 5.96 Å². The molecule has 0 atom stereocenters. The van der Waals surface area contributed by atoms with Crippen molar-refractivity contribution < 1.29 is 12.8 Å². The summed E-state index contributed by atoms with van der Waals surface area (Å²) < 4.78 is 40.6. The molecule has 0 amide bonds. The number of guanidine groups is 1. The second-order valence-electron chi connectivity index (χ2n) is 7.21. The van der Waals surface area contributed by atoms with Crippen LogP contribution in [-0.2, 0) is 15.4 Å². The molecule has 2 fully saturated rings. The Hall–Kier alpha value is -1.32. The number of halogens is 1. The maximum absolute atomic E-state index is 14.2. The fourth-order valence-electron chi connectivity index (χ4n) is 3.38. The number of sulfonamides is 1. The number of benzene rings is 1. The lowest BCUT2D eigenvalue weighted by Gasteiger charge is -2.25. The standard InChI is InChI=1S/C19H29FN4O2S2/c1-2-21-18(22-9-14-28(25,26)24-10-12-27-13-11-24)23-15-19(7-8-19)16-5-3-4-6-17(16)20/h3-6H,2,7-15H2,1H3,(H2,21,22,23). The van der Waals surface area contributed by atoms with Crippen molar-refractivity contribution in [3.63, 3.8) is 0 Å². The second-order valence-corrected chi connectivity index (χ2v) is 10.5. The number of hydrogen-bond donors (Lipinski definition) is 2. The minimum absolute atomic E-state index is 0.0422. The zero-order valence-electron chi connectivity index (χ0n) is 16.3. The molecule has 1 saturated carbocycles. The molecule has 1 aromatic carbocycles. The third-order valence-corrected chi connectivity index (χ3v) is 8.01. The lowest BCUT2D eigenvalue weighted by molar-refractivity contribution is 0.443. The van der Waals surface area contributed by atoms with Crippen molar-refractivity contribution in [3.05, 3.63) is 35.6 Å².